The number of hydrogen-bond donors (Lipinski definition) is 1. The lowest BCUT2D eigenvalue weighted by Crippen LogP contribution is -2.42. The number of fused-ring (bicyclic) bond motifs is 1. The van der Waals surface area contributed by atoms with Gasteiger partial charge in [0, 0.05) is 32.2 Å². The third kappa shape index (κ3) is 2.41. The fraction of sp³-hybridized carbons (Fsp3) is 0.929. The summed E-state index contributed by atoms with van der Waals surface area (Å²) < 4.78 is 0. The van der Waals surface area contributed by atoms with Gasteiger partial charge in [0.1, 0.15) is 0 Å². The lowest BCUT2D eigenvalue weighted by atomic mass is 9.98. The van der Waals surface area contributed by atoms with Gasteiger partial charge in [0.05, 0.1) is 6.54 Å². The van der Waals surface area contributed by atoms with E-state index >= 15 is 0 Å². The minimum atomic E-state index is 0.336. The molecule has 4 nitrogen and oxygen atoms in total. The van der Waals surface area contributed by atoms with E-state index in [-0.39, 0.29) is 0 Å². The second-order valence-electron chi connectivity index (χ2n) is 6.30. The molecule has 18 heavy (non-hydrogen) atoms. The fourth-order valence-corrected chi connectivity index (χ4v) is 3.96. The van der Waals surface area contributed by atoms with Crippen LogP contribution in [0.5, 0.6) is 0 Å². The highest BCUT2D eigenvalue weighted by atomic mass is 16.2. The minimum Gasteiger partial charge on any atom is -0.342 e. The summed E-state index contributed by atoms with van der Waals surface area (Å²) in [6.07, 6.45) is 6.10. The van der Waals surface area contributed by atoms with Crippen LogP contribution in [0.25, 0.3) is 0 Å². The van der Waals surface area contributed by atoms with E-state index in [1.807, 2.05) is 0 Å². The van der Waals surface area contributed by atoms with Gasteiger partial charge in [-0.15, -0.1) is 0 Å². The van der Waals surface area contributed by atoms with Crippen molar-refractivity contribution in [3.63, 3.8) is 0 Å². The first-order valence-corrected chi connectivity index (χ1v) is 7.50. The number of amides is 1. The third-order valence-corrected chi connectivity index (χ3v) is 5.06. The summed E-state index contributed by atoms with van der Waals surface area (Å²) in [5, 5.41) is 0. The summed E-state index contributed by atoms with van der Waals surface area (Å²) >= 11 is 0. The zero-order chi connectivity index (χ0) is 12.5. The van der Waals surface area contributed by atoms with Crippen LogP contribution in [0.4, 0.5) is 0 Å². The second-order valence-corrected chi connectivity index (χ2v) is 6.30. The summed E-state index contributed by atoms with van der Waals surface area (Å²) in [6, 6.07) is 0.380. The molecule has 2 aliphatic heterocycles. The highest BCUT2D eigenvalue weighted by molar-refractivity contribution is 5.78. The Balaban J connectivity index is 1.50. The molecule has 4 heteroatoms. The largest absolute Gasteiger partial charge is 0.342 e. The van der Waals surface area contributed by atoms with Crippen LogP contribution >= 0.6 is 0 Å². The zero-order valence-corrected chi connectivity index (χ0v) is 11.2. The van der Waals surface area contributed by atoms with Gasteiger partial charge in [-0.2, -0.15) is 0 Å². The van der Waals surface area contributed by atoms with Gasteiger partial charge in [-0.3, -0.25) is 9.69 Å². The van der Waals surface area contributed by atoms with Crippen LogP contribution in [0.15, 0.2) is 0 Å². The first kappa shape index (κ1) is 12.4. The SMILES string of the molecule is NC1CCC2CN(CC(=O)N3CCCCC3)CC12. The Morgan fingerprint density at radius 2 is 1.89 bits per heavy atom. The summed E-state index contributed by atoms with van der Waals surface area (Å²) in [4.78, 5) is 16.6. The van der Waals surface area contributed by atoms with Crippen molar-refractivity contribution >= 4 is 5.91 Å². The molecule has 0 aromatic heterocycles. The molecule has 3 atom stereocenters. The van der Waals surface area contributed by atoms with Gasteiger partial charge in [-0.1, -0.05) is 0 Å². The van der Waals surface area contributed by atoms with E-state index in [0.29, 0.717) is 24.4 Å². The van der Waals surface area contributed by atoms with Crippen molar-refractivity contribution in [2.45, 2.75) is 38.1 Å². The molecule has 2 heterocycles. The standard InChI is InChI=1S/C14H25N3O/c15-13-5-4-11-8-16(9-12(11)13)10-14(18)17-6-2-1-3-7-17/h11-13H,1-10,15H2. The molecule has 0 aromatic rings. The van der Waals surface area contributed by atoms with E-state index in [9.17, 15) is 4.79 Å². The molecule has 3 rings (SSSR count). The number of likely N-dealkylation sites (tertiary alicyclic amines) is 2. The normalized spacial score (nSPS) is 36.9. The smallest absolute Gasteiger partial charge is 0.236 e. The molecule has 0 bridgehead atoms. The second kappa shape index (κ2) is 5.17. The zero-order valence-electron chi connectivity index (χ0n) is 11.2. The van der Waals surface area contributed by atoms with Crippen LogP contribution < -0.4 is 5.73 Å². The average Bonchev–Trinajstić information content (AvgIpc) is 2.93. The molecule has 1 amide bonds. The first-order chi connectivity index (χ1) is 8.74. The molecule has 0 radical (unpaired) electrons. The van der Waals surface area contributed by atoms with Crippen molar-refractivity contribution in [3.8, 4) is 0 Å². The molecule has 0 aromatic carbocycles. The highest BCUT2D eigenvalue weighted by Gasteiger charge is 2.41. The van der Waals surface area contributed by atoms with Crippen molar-refractivity contribution in [2.24, 2.45) is 17.6 Å². The maximum atomic E-state index is 12.2. The molecule has 0 spiro atoms. The van der Waals surface area contributed by atoms with E-state index in [1.165, 1.54) is 32.1 Å². The van der Waals surface area contributed by atoms with Gasteiger partial charge in [0.15, 0.2) is 0 Å². The Morgan fingerprint density at radius 1 is 1.11 bits per heavy atom. The van der Waals surface area contributed by atoms with Gasteiger partial charge >= 0.3 is 0 Å². The molecule has 1 saturated carbocycles. The van der Waals surface area contributed by atoms with Crippen LogP contribution in [-0.4, -0.2) is 54.5 Å². The van der Waals surface area contributed by atoms with E-state index in [0.717, 1.165) is 32.1 Å². The predicted molar refractivity (Wildman–Crippen MR) is 71.1 cm³/mol. The number of piperidine rings is 1. The molecular formula is C14H25N3O. The summed E-state index contributed by atoms with van der Waals surface area (Å²) in [7, 11) is 0. The van der Waals surface area contributed by atoms with E-state index in [2.05, 4.69) is 9.80 Å². The quantitative estimate of drug-likeness (QED) is 0.784. The molecular weight excluding hydrogens is 226 g/mol. The topological polar surface area (TPSA) is 49.6 Å². The maximum Gasteiger partial charge on any atom is 0.236 e. The molecule has 2 saturated heterocycles. The lowest BCUT2D eigenvalue weighted by Gasteiger charge is -2.29. The number of nitrogens with two attached hydrogens (primary N) is 1. The maximum absolute atomic E-state index is 12.2. The van der Waals surface area contributed by atoms with Crippen LogP contribution in [0.1, 0.15) is 32.1 Å². The minimum absolute atomic E-state index is 0.336. The van der Waals surface area contributed by atoms with Crippen LogP contribution in [-0.2, 0) is 4.79 Å². The molecule has 102 valence electrons. The van der Waals surface area contributed by atoms with Gasteiger partial charge in [-0.25, -0.2) is 0 Å². The van der Waals surface area contributed by atoms with Crippen molar-refractivity contribution in [2.75, 3.05) is 32.7 Å². The van der Waals surface area contributed by atoms with Gasteiger partial charge in [0.2, 0.25) is 5.91 Å². The Labute approximate surface area is 109 Å². The summed E-state index contributed by atoms with van der Waals surface area (Å²) in [5.74, 6) is 1.75. The Hall–Kier alpha value is -0.610. The first-order valence-electron chi connectivity index (χ1n) is 7.50. The van der Waals surface area contributed by atoms with Gasteiger partial charge in [-0.05, 0) is 43.9 Å². The number of carbonyl (C=O) groups excluding carboxylic acids is 1. The van der Waals surface area contributed by atoms with Crippen LogP contribution in [0.2, 0.25) is 0 Å². The van der Waals surface area contributed by atoms with Crippen molar-refractivity contribution < 1.29 is 4.79 Å². The average molecular weight is 251 g/mol. The Morgan fingerprint density at radius 3 is 2.61 bits per heavy atom. The number of carbonyl (C=O) groups is 1. The molecule has 3 fully saturated rings. The molecule has 3 unspecified atom stereocenters. The molecule has 2 N–H and O–H groups in total. The van der Waals surface area contributed by atoms with E-state index in [1.54, 1.807) is 0 Å². The Kier molecular flexibility index (Phi) is 3.57. The lowest BCUT2D eigenvalue weighted by molar-refractivity contribution is -0.133. The number of nitrogens with zero attached hydrogens (tertiary/aromatic N) is 2. The third-order valence-electron chi connectivity index (χ3n) is 5.06. The summed E-state index contributed by atoms with van der Waals surface area (Å²) in [5.41, 5.74) is 6.13. The van der Waals surface area contributed by atoms with Gasteiger partial charge < -0.3 is 10.6 Å². The summed E-state index contributed by atoms with van der Waals surface area (Å²) in [6.45, 7) is 4.71. The van der Waals surface area contributed by atoms with Gasteiger partial charge in [0.25, 0.3) is 0 Å². The molecule has 3 aliphatic rings. The predicted octanol–water partition coefficient (Wildman–Crippen LogP) is 0.668. The highest BCUT2D eigenvalue weighted by Crippen LogP contribution is 2.36. The van der Waals surface area contributed by atoms with Crippen LogP contribution in [0.3, 0.4) is 0 Å². The number of hydrogen-bond acceptors (Lipinski definition) is 3. The van der Waals surface area contributed by atoms with Crippen molar-refractivity contribution in [1.82, 2.24) is 9.80 Å². The molecule has 1 aliphatic carbocycles. The monoisotopic (exact) mass is 251 g/mol. The van der Waals surface area contributed by atoms with Crippen molar-refractivity contribution in [3.05, 3.63) is 0 Å². The van der Waals surface area contributed by atoms with E-state index < -0.39 is 0 Å². The Bertz CT molecular complexity index is 314. The fourth-order valence-electron chi connectivity index (χ4n) is 3.96. The van der Waals surface area contributed by atoms with E-state index in [4.69, 9.17) is 5.73 Å². The van der Waals surface area contributed by atoms with Crippen LogP contribution in [0, 0.1) is 11.8 Å². The number of rotatable bonds is 2. The van der Waals surface area contributed by atoms with Crippen molar-refractivity contribution in [1.29, 1.82) is 0 Å².